The van der Waals surface area contributed by atoms with Gasteiger partial charge in [-0.2, -0.15) is 0 Å². The molecule has 0 radical (unpaired) electrons. The molecule has 0 aliphatic carbocycles. The van der Waals surface area contributed by atoms with Gasteiger partial charge in [-0.15, -0.1) is 0 Å². The Morgan fingerprint density at radius 3 is 0.982 bits per heavy atom. The fraction of sp³-hybridized carbons (Fsp3) is 0.747. The largest absolute Gasteiger partial charge is 0.394 e. The molecule has 0 saturated carbocycles. The van der Waals surface area contributed by atoms with Crippen molar-refractivity contribution in [3.63, 3.8) is 0 Å². The van der Waals surface area contributed by atoms with Crippen LogP contribution in [0.15, 0.2) is 134 Å². The fourth-order valence-corrected chi connectivity index (χ4v) is 13.8. The number of aliphatic hydroxyl groups excluding tert-OH is 11. The van der Waals surface area contributed by atoms with Crippen LogP contribution in [0.1, 0.15) is 303 Å². The Bertz CT molecular complexity index is 2510. The Balaban J connectivity index is 1.37. The smallest absolute Gasteiger partial charge is 0.220 e. The minimum absolute atomic E-state index is 0.218. The molecule has 19 heteroatoms. The van der Waals surface area contributed by atoms with Crippen LogP contribution in [0.3, 0.4) is 0 Å². The molecule has 3 rings (SSSR count). The fourth-order valence-electron chi connectivity index (χ4n) is 13.8. The molecule has 17 unspecified atom stereocenters. The monoisotopic (exact) mass is 1550 g/mol. The number of hydrogen-bond acceptors (Lipinski definition) is 18. The maximum absolute atomic E-state index is 13.5. The van der Waals surface area contributed by atoms with E-state index in [0.29, 0.717) is 6.42 Å². The van der Waals surface area contributed by atoms with Crippen LogP contribution in [-0.2, 0) is 33.2 Å². The third kappa shape index (κ3) is 47.7. The zero-order valence-corrected chi connectivity index (χ0v) is 67.9. The van der Waals surface area contributed by atoms with E-state index in [1.54, 1.807) is 6.08 Å². The van der Waals surface area contributed by atoms with Gasteiger partial charge in [-0.25, -0.2) is 0 Å². The number of allylic oxidation sites excluding steroid dienone is 21. The number of nitrogens with one attached hydrogen (secondary N) is 1. The van der Waals surface area contributed by atoms with E-state index in [4.69, 9.17) is 28.4 Å². The van der Waals surface area contributed by atoms with E-state index in [1.165, 1.54) is 148 Å². The summed E-state index contributed by atoms with van der Waals surface area (Å²) in [6.07, 6.45) is 72.9. The summed E-state index contributed by atoms with van der Waals surface area (Å²) >= 11 is 0. The minimum Gasteiger partial charge on any atom is -0.394 e. The summed E-state index contributed by atoms with van der Waals surface area (Å²) in [5.41, 5.74) is 0. The van der Waals surface area contributed by atoms with Crippen LogP contribution in [-0.4, -0.2) is 193 Å². The lowest BCUT2D eigenvalue weighted by molar-refractivity contribution is -0.379. The van der Waals surface area contributed by atoms with Crippen LogP contribution in [0.4, 0.5) is 0 Å². The second kappa shape index (κ2) is 69.3. The van der Waals surface area contributed by atoms with Crippen LogP contribution in [0.25, 0.3) is 0 Å². The van der Waals surface area contributed by atoms with Gasteiger partial charge < -0.3 is 89.9 Å². The molecule has 3 aliphatic rings. The van der Waals surface area contributed by atoms with Crippen molar-refractivity contribution >= 4 is 5.91 Å². The molecule has 3 saturated heterocycles. The molecule has 110 heavy (non-hydrogen) atoms. The number of carbonyl (C=O) groups excluding carboxylic acids is 1. The van der Waals surface area contributed by atoms with E-state index in [1.807, 2.05) is 6.08 Å². The van der Waals surface area contributed by atoms with Crippen molar-refractivity contribution in [1.29, 1.82) is 0 Å². The van der Waals surface area contributed by atoms with Crippen LogP contribution < -0.4 is 5.32 Å². The SMILES string of the molecule is CC/C=C\C/C=C\C/C=C\C/C=C\C/C=C\C/C=C\C/C=C\C/C=C\C/C=C\C/C=C\CCCCCCCCC(=O)NC(COC1OC(CO)C(OC2OC(CO)C(OC3OC(CO)C(O)C(O)C3O)C(O)C2O)C(O)C1O)C(O)/C=C/CCCCCCCCCCCCCCCCCCCCCCCCCCCC. The minimum atomic E-state index is -1.99. The summed E-state index contributed by atoms with van der Waals surface area (Å²) in [6, 6.07) is -0.993. The predicted octanol–water partition coefficient (Wildman–Crippen LogP) is 16.0. The van der Waals surface area contributed by atoms with E-state index in [0.717, 1.165) is 128 Å². The van der Waals surface area contributed by atoms with Crippen molar-refractivity contribution in [3.8, 4) is 0 Å². The molecule has 3 fully saturated rings. The summed E-state index contributed by atoms with van der Waals surface area (Å²) in [4.78, 5) is 13.5. The molecular formula is C91H155NO18. The Hall–Kier alpha value is -4.07. The van der Waals surface area contributed by atoms with Crippen LogP contribution in [0.2, 0.25) is 0 Å². The van der Waals surface area contributed by atoms with Crippen molar-refractivity contribution in [1.82, 2.24) is 5.32 Å². The van der Waals surface area contributed by atoms with E-state index in [-0.39, 0.29) is 18.9 Å². The molecule has 0 aromatic carbocycles. The van der Waals surface area contributed by atoms with E-state index in [9.17, 15) is 61.0 Å². The number of ether oxygens (including phenoxy) is 6. The second-order valence-electron chi connectivity index (χ2n) is 30.3. The first-order valence-electron chi connectivity index (χ1n) is 43.4. The quantitative estimate of drug-likeness (QED) is 0.0199. The Kier molecular flexibility index (Phi) is 63.0. The molecule has 1 amide bonds. The van der Waals surface area contributed by atoms with Crippen molar-refractivity contribution in [2.45, 2.75) is 407 Å². The van der Waals surface area contributed by atoms with E-state index in [2.05, 4.69) is 141 Å². The highest BCUT2D eigenvalue weighted by Gasteiger charge is 2.54. The van der Waals surface area contributed by atoms with Gasteiger partial charge in [0, 0.05) is 6.42 Å². The van der Waals surface area contributed by atoms with E-state index >= 15 is 0 Å². The van der Waals surface area contributed by atoms with Gasteiger partial charge >= 0.3 is 0 Å². The molecule has 632 valence electrons. The number of rotatable bonds is 68. The summed E-state index contributed by atoms with van der Waals surface area (Å²) in [6.45, 7) is 1.63. The van der Waals surface area contributed by atoms with Gasteiger partial charge in [-0.05, 0) is 96.3 Å². The van der Waals surface area contributed by atoms with Gasteiger partial charge in [0.05, 0.1) is 38.6 Å². The first kappa shape index (κ1) is 100. The maximum Gasteiger partial charge on any atom is 0.220 e. The molecule has 3 heterocycles. The molecule has 19 nitrogen and oxygen atoms in total. The van der Waals surface area contributed by atoms with Gasteiger partial charge in [0.2, 0.25) is 5.91 Å². The Morgan fingerprint density at radius 1 is 0.336 bits per heavy atom. The average molecular weight is 1550 g/mol. The number of aliphatic hydroxyl groups is 11. The lowest BCUT2D eigenvalue weighted by atomic mass is 9.96. The molecule has 0 aromatic heterocycles. The van der Waals surface area contributed by atoms with Crippen molar-refractivity contribution in [3.05, 3.63) is 134 Å². The van der Waals surface area contributed by atoms with Crippen LogP contribution in [0.5, 0.6) is 0 Å². The third-order valence-electron chi connectivity index (χ3n) is 20.7. The molecule has 12 N–H and O–H groups in total. The second-order valence-corrected chi connectivity index (χ2v) is 30.3. The number of carbonyl (C=O) groups is 1. The van der Waals surface area contributed by atoms with Crippen LogP contribution in [0, 0.1) is 0 Å². The summed E-state index contributed by atoms with van der Waals surface area (Å²) in [5.74, 6) is -0.292. The highest BCUT2D eigenvalue weighted by atomic mass is 16.8. The first-order valence-corrected chi connectivity index (χ1v) is 43.4. The van der Waals surface area contributed by atoms with Crippen molar-refractivity contribution in [2.75, 3.05) is 26.4 Å². The van der Waals surface area contributed by atoms with Gasteiger partial charge in [0.15, 0.2) is 18.9 Å². The topological polar surface area (TPSA) is 307 Å². The first-order chi connectivity index (χ1) is 53.8. The molecule has 0 spiro atoms. The molecule has 3 aliphatic heterocycles. The average Bonchev–Trinajstić information content (AvgIpc) is 0.784. The van der Waals surface area contributed by atoms with E-state index < -0.39 is 124 Å². The molecule has 0 aromatic rings. The molecule has 17 atom stereocenters. The standard InChI is InChI=1S/C91H155NO18/c1-3-5-7-9-11-13-15-17-19-21-23-25-27-29-31-33-34-35-36-37-38-39-40-41-43-45-47-49-51-53-55-57-59-61-63-65-67-69-79(97)92-74(75(96)68-66-64-62-60-58-56-54-52-50-48-46-44-42-32-30-28-26-24-22-20-18-16-14-12-10-8-6-4-2)73-105-89-85(103)82(100)87(77(71-94)107-89)110-91-86(104)83(101)88(78(72-95)108-91)109-90-84(102)81(99)80(98)76(70-93)106-90/h5,7,11,13,17,19,23,25,29,31,34-35,37-38,40-41,45,47,51,53,66,68,74-78,80-91,93-96,98-104H,3-4,6,8-10,12,14-16,18,20-22,24,26-28,30,32-33,36,39,42-44,46,48-50,52,54-65,67,69-73H2,1-2H3,(H,92,97)/b7-5-,13-11-,19-17-,25-23-,31-29-,35-34-,38-37-,41-40-,47-45-,53-51-,68-66+. The predicted molar refractivity (Wildman–Crippen MR) is 443 cm³/mol. The number of hydrogen-bond donors (Lipinski definition) is 12. The third-order valence-corrected chi connectivity index (χ3v) is 20.7. The summed E-state index contributed by atoms with van der Waals surface area (Å²) in [5, 5.41) is 121. The molecular weight excluding hydrogens is 1390 g/mol. The maximum atomic E-state index is 13.5. The number of unbranched alkanes of at least 4 members (excludes halogenated alkanes) is 32. The van der Waals surface area contributed by atoms with Gasteiger partial charge in [0.1, 0.15) is 73.2 Å². The Labute approximate surface area is 664 Å². The highest BCUT2D eigenvalue weighted by Crippen LogP contribution is 2.33. The van der Waals surface area contributed by atoms with Gasteiger partial charge in [-0.3, -0.25) is 4.79 Å². The Morgan fingerprint density at radius 2 is 0.627 bits per heavy atom. The lowest BCUT2D eigenvalue weighted by Gasteiger charge is -2.48. The van der Waals surface area contributed by atoms with Crippen LogP contribution >= 0.6 is 0 Å². The van der Waals surface area contributed by atoms with Gasteiger partial charge in [0.25, 0.3) is 0 Å². The molecule has 0 bridgehead atoms. The lowest BCUT2D eigenvalue weighted by Crippen LogP contribution is -2.66. The van der Waals surface area contributed by atoms with Crippen molar-refractivity contribution < 1.29 is 89.4 Å². The van der Waals surface area contributed by atoms with Crippen molar-refractivity contribution in [2.24, 2.45) is 0 Å². The highest BCUT2D eigenvalue weighted by molar-refractivity contribution is 5.76. The number of amides is 1. The summed E-state index contributed by atoms with van der Waals surface area (Å²) < 4.78 is 34.5. The zero-order valence-electron chi connectivity index (χ0n) is 67.9. The normalized spacial score (nSPS) is 25.8. The van der Waals surface area contributed by atoms with Gasteiger partial charge in [-0.1, -0.05) is 334 Å². The zero-order chi connectivity index (χ0) is 79.5. The summed E-state index contributed by atoms with van der Waals surface area (Å²) in [7, 11) is 0.